The molecule has 4 nitrogen and oxygen atoms in total. The molecule has 0 bridgehead atoms. The smallest absolute Gasteiger partial charge is 0.134 e. The second kappa shape index (κ2) is 3.06. The van der Waals surface area contributed by atoms with Gasteiger partial charge in [0, 0.05) is 10.8 Å². The Bertz CT molecular complexity index is 634. The second-order valence-electron chi connectivity index (χ2n) is 3.60. The number of benzene rings is 1. The van der Waals surface area contributed by atoms with E-state index in [0.29, 0.717) is 0 Å². The zero-order chi connectivity index (χ0) is 11.1. The van der Waals surface area contributed by atoms with Gasteiger partial charge in [-0.25, -0.2) is 0 Å². The van der Waals surface area contributed by atoms with Crippen LogP contribution in [0.3, 0.4) is 0 Å². The lowest BCUT2D eigenvalue weighted by Gasteiger charge is -2.02. The molecule has 0 aliphatic heterocycles. The van der Waals surface area contributed by atoms with E-state index < -0.39 is 0 Å². The van der Waals surface area contributed by atoms with Crippen LogP contribution in [0.1, 0.15) is 0 Å². The van der Waals surface area contributed by atoms with Gasteiger partial charge in [0.05, 0.1) is 23.4 Å². The van der Waals surface area contributed by atoms with Crippen molar-refractivity contribution in [3.05, 3.63) is 36.7 Å². The van der Waals surface area contributed by atoms with E-state index in [1.165, 1.54) is 12.4 Å². The fourth-order valence-electron chi connectivity index (χ4n) is 1.77. The molecule has 4 heteroatoms. The first kappa shape index (κ1) is 8.91. The lowest BCUT2D eigenvalue weighted by Crippen LogP contribution is -1.84. The number of pyridine rings is 2. The monoisotopic (exact) mass is 212 g/mol. The van der Waals surface area contributed by atoms with Crippen LogP contribution in [0.15, 0.2) is 36.7 Å². The van der Waals surface area contributed by atoms with E-state index >= 15 is 0 Å². The van der Waals surface area contributed by atoms with Crippen LogP contribution in [-0.4, -0.2) is 20.2 Å². The lowest BCUT2D eigenvalue weighted by atomic mass is 10.1. The average Bonchev–Trinajstić information content (AvgIpc) is 2.28. The fraction of sp³-hybridized carbons (Fsp3) is 0. The molecular formula is C12H8N2O2. The molecule has 2 aromatic heterocycles. The van der Waals surface area contributed by atoms with Crippen molar-refractivity contribution >= 4 is 21.8 Å². The van der Waals surface area contributed by atoms with Crippen molar-refractivity contribution in [2.45, 2.75) is 0 Å². The summed E-state index contributed by atoms with van der Waals surface area (Å²) in [4.78, 5) is 8.29. The third-order valence-corrected chi connectivity index (χ3v) is 2.47. The minimum atomic E-state index is 0.130. The molecule has 0 atom stereocenters. The minimum absolute atomic E-state index is 0.130. The summed E-state index contributed by atoms with van der Waals surface area (Å²) in [6, 6.07) is 6.95. The van der Waals surface area contributed by atoms with E-state index in [9.17, 15) is 10.2 Å². The zero-order valence-electron chi connectivity index (χ0n) is 8.25. The van der Waals surface area contributed by atoms with Crippen LogP contribution in [0.2, 0.25) is 0 Å². The van der Waals surface area contributed by atoms with Gasteiger partial charge in [-0.3, -0.25) is 9.97 Å². The molecule has 0 radical (unpaired) electrons. The summed E-state index contributed by atoms with van der Waals surface area (Å²) in [5.74, 6) is 0.260. The van der Waals surface area contributed by atoms with Crippen molar-refractivity contribution in [1.82, 2.24) is 9.97 Å². The normalized spacial score (nSPS) is 11.0. The molecule has 0 saturated heterocycles. The highest BCUT2D eigenvalue weighted by Gasteiger charge is 2.04. The number of hydrogen-bond donors (Lipinski definition) is 2. The Morgan fingerprint density at radius 2 is 1.19 bits per heavy atom. The Balaban J connectivity index is 2.50. The maximum absolute atomic E-state index is 9.32. The predicted octanol–water partition coefficient (Wildman–Crippen LogP) is 2.19. The molecule has 2 N–H and O–H groups in total. The number of rotatable bonds is 0. The molecular weight excluding hydrogens is 204 g/mol. The molecule has 0 fully saturated rings. The van der Waals surface area contributed by atoms with Gasteiger partial charge in [0.1, 0.15) is 11.5 Å². The Morgan fingerprint density at radius 1 is 0.750 bits per heavy atom. The Labute approximate surface area is 90.8 Å². The summed E-state index contributed by atoms with van der Waals surface area (Å²) in [6.45, 7) is 0. The summed E-state index contributed by atoms with van der Waals surface area (Å²) >= 11 is 0. The second-order valence-corrected chi connectivity index (χ2v) is 3.60. The SMILES string of the molecule is Oc1cnc2c(ccc3cc(O)cnc32)c1. The van der Waals surface area contributed by atoms with E-state index in [-0.39, 0.29) is 11.5 Å². The van der Waals surface area contributed by atoms with E-state index in [4.69, 9.17) is 0 Å². The number of aromatic nitrogens is 2. The molecule has 3 aromatic rings. The van der Waals surface area contributed by atoms with E-state index in [1.807, 2.05) is 12.1 Å². The largest absolute Gasteiger partial charge is 0.506 e. The fourth-order valence-corrected chi connectivity index (χ4v) is 1.77. The molecule has 2 heterocycles. The van der Waals surface area contributed by atoms with Crippen LogP contribution in [0.5, 0.6) is 11.5 Å². The molecule has 0 amide bonds. The highest BCUT2D eigenvalue weighted by molar-refractivity contribution is 6.03. The molecule has 3 rings (SSSR count). The minimum Gasteiger partial charge on any atom is -0.506 e. The van der Waals surface area contributed by atoms with Crippen LogP contribution in [0.25, 0.3) is 21.8 Å². The molecule has 0 aliphatic carbocycles. The van der Waals surface area contributed by atoms with Crippen LogP contribution < -0.4 is 0 Å². The maximum atomic E-state index is 9.32. The van der Waals surface area contributed by atoms with Gasteiger partial charge < -0.3 is 10.2 Å². The number of nitrogens with zero attached hydrogens (tertiary/aromatic N) is 2. The first-order valence-corrected chi connectivity index (χ1v) is 4.80. The van der Waals surface area contributed by atoms with E-state index in [2.05, 4.69) is 9.97 Å². The first-order chi connectivity index (χ1) is 7.74. The summed E-state index contributed by atoms with van der Waals surface area (Å²) in [5.41, 5.74) is 1.44. The zero-order valence-corrected chi connectivity index (χ0v) is 8.25. The number of aromatic hydroxyl groups is 2. The van der Waals surface area contributed by atoms with Crippen molar-refractivity contribution in [3.63, 3.8) is 0 Å². The molecule has 0 unspecified atom stereocenters. The maximum Gasteiger partial charge on any atom is 0.134 e. The van der Waals surface area contributed by atoms with Crippen LogP contribution in [-0.2, 0) is 0 Å². The standard InChI is InChI=1S/C12H8N2O2/c15-9-3-7-1-2-8-4-10(16)6-14-12(8)11(7)13-5-9/h1-6,15-16H. The van der Waals surface area contributed by atoms with Gasteiger partial charge in [-0.1, -0.05) is 12.1 Å². The quantitative estimate of drug-likeness (QED) is 0.560. The van der Waals surface area contributed by atoms with Gasteiger partial charge in [0.2, 0.25) is 0 Å². The Kier molecular flexibility index (Phi) is 1.71. The van der Waals surface area contributed by atoms with Crippen LogP contribution in [0.4, 0.5) is 0 Å². The number of hydrogen-bond acceptors (Lipinski definition) is 4. The molecule has 0 aliphatic rings. The van der Waals surface area contributed by atoms with Gasteiger partial charge >= 0.3 is 0 Å². The summed E-state index contributed by atoms with van der Waals surface area (Å²) in [6.07, 6.45) is 2.77. The van der Waals surface area contributed by atoms with Crippen molar-refractivity contribution in [3.8, 4) is 11.5 Å². The molecule has 78 valence electrons. The lowest BCUT2D eigenvalue weighted by molar-refractivity contribution is 0.473. The topological polar surface area (TPSA) is 66.2 Å². The molecule has 0 spiro atoms. The van der Waals surface area contributed by atoms with E-state index in [0.717, 1.165) is 21.8 Å². The highest BCUT2D eigenvalue weighted by atomic mass is 16.3. The molecule has 0 saturated carbocycles. The molecule has 1 aromatic carbocycles. The summed E-state index contributed by atoms with van der Waals surface area (Å²) in [7, 11) is 0. The first-order valence-electron chi connectivity index (χ1n) is 4.80. The Morgan fingerprint density at radius 3 is 1.62 bits per heavy atom. The highest BCUT2D eigenvalue weighted by Crippen LogP contribution is 2.26. The van der Waals surface area contributed by atoms with Gasteiger partial charge in [-0.05, 0) is 12.1 Å². The van der Waals surface area contributed by atoms with Crippen molar-refractivity contribution < 1.29 is 10.2 Å². The summed E-state index contributed by atoms with van der Waals surface area (Å²) in [5, 5.41) is 20.3. The van der Waals surface area contributed by atoms with E-state index in [1.54, 1.807) is 12.1 Å². The van der Waals surface area contributed by atoms with Crippen LogP contribution >= 0.6 is 0 Å². The van der Waals surface area contributed by atoms with Crippen molar-refractivity contribution in [1.29, 1.82) is 0 Å². The van der Waals surface area contributed by atoms with Gasteiger partial charge in [0.25, 0.3) is 0 Å². The van der Waals surface area contributed by atoms with Gasteiger partial charge in [-0.2, -0.15) is 0 Å². The van der Waals surface area contributed by atoms with Crippen LogP contribution in [0, 0.1) is 0 Å². The third-order valence-electron chi connectivity index (χ3n) is 2.47. The van der Waals surface area contributed by atoms with Gasteiger partial charge in [0.15, 0.2) is 0 Å². The van der Waals surface area contributed by atoms with Crippen molar-refractivity contribution in [2.24, 2.45) is 0 Å². The summed E-state index contributed by atoms with van der Waals surface area (Å²) < 4.78 is 0. The Hall–Kier alpha value is -2.36. The van der Waals surface area contributed by atoms with Crippen molar-refractivity contribution in [2.75, 3.05) is 0 Å². The molecule has 16 heavy (non-hydrogen) atoms. The average molecular weight is 212 g/mol. The van der Waals surface area contributed by atoms with Gasteiger partial charge in [-0.15, -0.1) is 0 Å². The third kappa shape index (κ3) is 1.24. The predicted molar refractivity (Wildman–Crippen MR) is 60.4 cm³/mol. The number of fused-ring (bicyclic) bond motifs is 3.